The first-order valence-electron chi connectivity index (χ1n) is 6.25. The summed E-state index contributed by atoms with van der Waals surface area (Å²) in [5.74, 6) is 0.423. The smallest absolute Gasteiger partial charge is 0.161 e. The Morgan fingerprint density at radius 1 is 1.47 bits per heavy atom. The normalized spacial score (nSPS) is 12.4. The predicted molar refractivity (Wildman–Crippen MR) is 71.5 cm³/mol. The van der Waals surface area contributed by atoms with Gasteiger partial charge in [-0.05, 0) is 31.0 Å². The Hall–Kier alpha value is -1.88. The monoisotopic (exact) mass is 263 g/mol. The van der Waals surface area contributed by atoms with Gasteiger partial charge in [0.15, 0.2) is 5.75 Å². The van der Waals surface area contributed by atoms with Crippen LogP contribution in [0, 0.1) is 5.82 Å². The lowest BCUT2D eigenvalue weighted by atomic mass is 10.0. The molecular weight excluding hydrogens is 245 g/mol. The van der Waals surface area contributed by atoms with Crippen molar-refractivity contribution in [2.45, 2.75) is 25.9 Å². The largest absolute Gasteiger partial charge is 0.493 e. The molecule has 2 N–H and O–H groups in total. The number of ether oxygens (including phenoxy) is 1. The summed E-state index contributed by atoms with van der Waals surface area (Å²) in [6, 6.07) is 6.19. The van der Waals surface area contributed by atoms with Crippen LogP contribution in [0.1, 0.15) is 24.2 Å². The molecule has 0 aliphatic heterocycles. The summed E-state index contributed by atoms with van der Waals surface area (Å²) in [5, 5.41) is 4.22. The third-order valence-corrected chi connectivity index (χ3v) is 3.06. The highest BCUT2D eigenvalue weighted by atomic mass is 19.1. The molecule has 102 valence electrons. The molecule has 2 aromatic rings. The van der Waals surface area contributed by atoms with Crippen molar-refractivity contribution in [1.82, 2.24) is 9.78 Å². The number of nitrogens with zero attached hydrogens (tertiary/aromatic N) is 2. The van der Waals surface area contributed by atoms with Gasteiger partial charge in [0.05, 0.1) is 25.0 Å². The van der Waals surface area contributed by atoms with E-state index >= 15 is 0 Å². The third-order valence-electron chi connectivity index (χ3n) is 3.06. The summed E-state index contributed by atoms with van der Waals surface area (Å²) in [7, 11) is 1.59. The molecule has 0 radical (unpaired) electrons. The van der Waals surface area contributed by atoms with Crippen LogP contribution < -0.4 is 10.5 Å². The molecule has 0 saturated carbocycles. The molecule has 0 bridgehead atoms. The number of methoxy groups -OCH3 is 1. The van der Waals surface area contributed by atoms with E-state index in [-0.39, 0.29) is 11.9 Å². The summed E-state index contributed by atoms with van der Waals surface area (Å²) < 4.78 is 20.2. The lowest BCUT2D eigenvalue weighted by Crippen LogP contribution is -2.19. The van der Waals surface area contributed by atoms with Gasteiger partial charge in [-0.2, -0.15) is 5.10 Å². The van der Waals surface area contributed by atoms with Crippen LogP contribution >= 0.6 is 0 Å². The Balaban J connectivity index is 2.24. The molecule has 1 atom stereocenters. The summed E-state index contributed by atoms with van der Waals surface area (Å²) in [5.41, 5.74) is 7.91. The van der Waals surface area contributed by atoms with E-state index in [0.717, 1.165) is 17.8 Å². The van der Waals surface area contributed by atoms with Crippen LogP contribution in [0.2, 0.25) is 0 Å². The molecular formula is C14H18FN3O. The van der Waals surface area contributed by atoms with E-state index in [0.29, 0.717) is 12.2 Å². The molecule has 0 fully saturated rings. The molecule has 0 amide bonds. The van der Waals surface area contributed by atoms with Gasteiger partial charge < -0.3 is 10.5 Å². The number of nitrogens with two attached hydrogens (primary N) is 1. The van der Waals surface area contributed by atoms with Crippen LogP contribution in [-0.2, 0) is 13.0 Å². The first-order chi connectivity index (χ1) is 9.15. The second-order valence-corrected chi connectivity index (χ2v) is 4.35. The van der Waals surface area contributed by atoms with Crippen molar-refractivity contribution in [3.63, 3.8) is 0 Å². The van der Waals surface area contributed by atoms with Gasteiger partial charge in [-0.1, -0.05) is 12.1 Å². The second-order valence-electron chi connectivity index (χ2n) is 4.35. The quantitative estimate of drug-likeness (QED) is 0.900. The van der Waals surface area contributed by atoms with E-state index in [2.05, 4.69) is 5.10 Å². The van der Waals surface area contributed by atoms with Crippen molar-refractivity contribution in [3.05, 3.63) is 47.5 Å². The van der Waals surface area contributed by atoms with Crippen LogP contribution in [0.15, 0.2) is 30.5 Å². The van der Waals surface area contributed by atoms with Gasteiger partial charge in [0.2, 0.25) is 0 Å². The molecule has 1 aromatic heterocycles. The van der Waals surface area contributed by atoms with Gasteiger partial charge in [0.1, 0.15) is 5.82 Å². The average molecular weight is 263 g/mol. The molecule has 1 aromatic carbocycles. The number of benzene rings is 1. The zero-order valence-electron chi connectivity index (χ0n) is 11.1. The summed E-state index contributed by atoms with van der Waals surface area (Å²) in [4.78, 5) is 0. The average Bonchev–Trinajstić information content (AvgIpc) is 2.81. The zero-order chi connectivity index (χ0) is 13.8. The van der Waals surface area contributed by atoms with E-state index < -0.39 is 0 Å². The maximum atomic E-state index is 13.2. The Labute approximate surface area is 112 Å². The maximum Gasteiger partial charge on any atom is 0.161 e. The predicted octanol–water partition coefficient (Wildman–Crippen LogP) is 2.29. The minimum Gasteiger partial charge on any atom is -0.493 e. The summed E-state index contributed by atoms with van der Waals surface area (Å²) in [6.07, 6.45) is 2.20. The lowest BCUT2D eigenvalue weighted by Gasteiger charge is -2.15. The van der Waals surface area contributed by atoms with Crippen molar-refractivity contribution < 1.29 is 9.13 Å². The van der Waals surface area contributed by atoms with Gasteiger partial charge in [0.25, 0.3) is 0 Å². The van der Waals surface area contributed by atoms with E-state index in [1.165, 1.54) is 12.1 Å². The maximum absolute atomic E-state index is 13.2. The van der Waals surface area contributed by atoms with Gasteiger partial charge in [-0.3, -0.25) is 4.68 Å². The van der Waals surface area contributed by atoms with Crippen LogP contribution in [0.25, 0.3) is 0 Å². The van der Waals surface area contributed by atoms with Gasteiger partial charge in [-0.25, -0.2) is 4.39 Å². The Morgan fingerprint density at radius 3 is 2.89 bits per heavy atom. The van der Waals surface area contributed by atoms with E-state index in [4.69, 9.17) is 10.5 Å². The first kappa shape index (κ1) is 13.5. The van der Waals surface area contributed by atoms with Crippen LogP contribution in [0.3, 0.4) is 0 Å². The molecule has 0 saturated heterocycles. The molecule has 5 heteroatoms. The highest BCUT2D eigenvalue weighted by Gasteiger charge is 2.18. The molecule has 0 spiro atoms. The standard InChI is InChI=1S/C14H18FN3O/c1-3-18-14(13(19-2)9-17-18)12(16)8-10-5-4-6-11(15)7-10/h4-7,9,12H,3,8,16H2,1-2H3. The molecule has 0 aliphatic carbocycles. The van der Waals surface area contributed by atoms with E-state index in [1.807, 2.05) is 17.7 Å². The summed E-state index contributed by atoms with van der Waals surface area (Å²) >= 11 is 0. The van der Waals surface area contributed by atoms with Crippen LogP contribution in [0.5, 0.6) is 5.75 Å². The SMILES string of the molecule is CCn1ncc(OC)c1C(N)Cc1cccc(F)c1. The van der Waals surface area contributed by atoms with Gasteiger partial charge >= 0.3 is 0 Å². The topological polar surface area (TPSA) is 53.1 Å². The van der Waals surface area contributed by atoms with Crippen LogP contribution in [0.4, 0.5) is 4.39 Å². The van der Waals surface area contributed by atoms with E-state index in [1.54, 1.807) is 19.4 Å². The lowest BCUT2D eigenvalue weighted by molar-refractivity contribution is 0.401. The zero-order valence-corrected chi connectivity index (χ0v) is 11.1. The van der Waals surface area contributed by atoms with Crippen molar-refractivity contribution in [2.24, 2.45) is 5.73 Å². The number of aryl methyl sites for hydroxylation is 1. The highest BCUT2D eigenvalue weighted by molar-refractivity contribution is 5.30. The number of halogens is 1. The van der Waals surface area contributed by atoms with Crippen molar-refractivity contribution in [2.75, 3.05) is 7.11 Å². The number of rotatable bonds is 5. The Bertz CT molecular complexity index is 532. The van der Waals surface area contributed by atoms with Crippen molar-refractivity contribution in [1.29, 1.82) is 0 Å². The molecule has 1 heterocycles. The Morgan fingerprint density at radius 2 is 2.26 bits per heavy atom. The number of hydrogen-bond donors (Lipinski definition) is 1. The van der Waals surface area contributed by atoms with Gasteiger partial charge in [-0.15, -0.1) is 0 Å². The molecule has 19 heavy (non-hydrogen) atoms. The second kappa shape index (κ2) is 5.84. The molecule has 1 unspecified atom stereocenters. The fraction of sp³-hybridized carbons (Fsp3) is 0.357. The minimum atomic E-state index is -0.279. The Kier molecular flexibility index (Phi) is 4.16. The summed E-state index contributed by atoms with van der Waals surface area (Å²) in [6.45, 7) is 2.71. The van der Waals surface area contributed by atoms with Crippen molar-refractivity contribution >= 4 is 0 Å². The molecule has 4 nitrogen and oxygen atoms in total. The number of hydrogen-bond acceptors (Lipinski definition) is 3. The fourth-order valence-electron chi connectivity index (χ4n) is 2.18. The minimum absolute atomic E-state index is 0.249. The van der Waals surface area contributed by atoms with Crippen LogP contribution in [-0.4, -0.2) is 16.9 Å². The molecule has 0 aliphatic rings. The first-order valence-corrected chi connectivity index (χ1v) is 6.25. The van der Waals surface area contributed by atoms with Gasteiger partial charge in [0, 0.05) is 6.54 Å². The third kappa shape index (κ3) is 2.93. The van der Waals surface area contributed by atoms with E-state index in [9.17, 15) is 4.39 Å². The molecule has 2 rings (SSSR count). The van der Waals surface area contributed by atoms with Crippen molar-refractivity contribution in [3.8, 4) is 5.75 Å². The fourth-order valence-corrected chi connectivity index (χ4v) is 2.18. The number of aromatic nitrogens is 2. The highest BCUT2D eigenvalue weighted by Crippen LogP contribution is 2.26.